The number of carbonyl (C=O) groups excluding carboxylic acids is 1. The number of methoxy groups -OCH3 is 1. The largest absolute Gasteiger partial charge is 0.496 e. The summed E-state index contributed by atoms with van der Waals surface area (Å²) in [6.45, 7) is 0. The first-order valence-corrected chi connectivity index (χ1v) is 6.50. The molecule has 104 valence electrons. The van der Waals surface area contributed by atoms with Crippen molar-refractivity contribution in [1.82, 2.24) is 0 Å². The van der Waals surface area contributed by atoms with Crippen molar-refractivity contribution in [3.8, 4) is 5.75 Å². The van der Waals surface area contributed by atoms with Crippen molar-refractivity contribution in [1.29, 1.82) is 0 Å². The number of benzene rings is 2. The molecule has 0 radical (unpaired) electrons. The maximum Gasteiger partial charge on any atom is 0.259 e. The third-order valence-corrected chi connectivity index (χ3v) is 3.08. The monoisotopic (exact) mass is 338 g/mol. The van der Waals surface area contributed by atoms with E-state index in [4.69, 9.17) is 10.5 Å². The summed E-state index contributed by atoms with van der Waals surface area (Å²) in [6.07, 6.45) is 0. The Morgan fingerprint density at radius 1 is 1.30 bits per heavy atom. The topological polar surface area (TPSA) is 64.3 Å². The first-order chi connectivity index (χ1) is 9.49. The highest BCUT2D eigenvalue weighted by Gasteiger charge is 2.13. The van der Waals surface area contributed by atoms with Gasteiger partial charge in [-0.05, 0) is 36.4 Å². The van der Waals surface area contributed by atoms with Crippen LogP contribution in [0.25, 0.3) is 0 Å². The van der Waals surface area contributed by atoms with Gasteiger partial charge in [-0.3, -0.25) is 4.79 Å². The number of nitrogens with two attached hydrogens (primary N) is 1. The quantitative estimate of drug-likeness (QED) is 0.842. The molecule has 4 nitrogen and oxygen atoms in total. The summed E-state index contributed by atoms with van der Waals surface area (Å²) in [7, 11) is 1.47. The summed E-state index contributed by atoms with van der Waals surface area (Å²) in [6, 6.07) is 8.86. The molecule has 2 aromatic carbocycles. The van der Waals surface area contributed by atoms with E-state index in [2.05, 4.69) is 21.2 Å². The Kier molecular flexibility index (Phi) is 4.24. The van der Waals surface area contributed by atoms with E-state index in [1.807, 2.05) is 0 Å². The minimum Gasteiger partial charge on any atom is -0.496 e. The summed E-state index contributed by atoms with van der Waals surface area (Å²) in [5, 5.41) is 2.58. The molecule has 0 bridgehead atoms. The number of nitrogens with one attached hydrogen (secondary N) is 1. The Labute approximate surface area is 123 Å². The van der Waals surface area contributed by atoms with Crippen LogP contribution < -0.4 is 15.8 Å². The zero-order valence-corrected chi connectivity index (χ0v) is 12.2. The van der Waals surface area contributed by atoms with Crippen LogP contribution in [0.15, 0.2) is 40.9 Å². The normalized spacial score (nSPS) is 10.2. The highest BCUT2D eigenvalue weighted by Crippen LogP contribution is 2.25. The van der Waals surface area contributed by atoms with Gasteiger partial charge in [0.05, 0.1) is 12.7 Å². The lowest BCUT2D eigenvalue weighted by atomic mass is 10.2. The van der Waals surface area contributed by atoms with Gasteiger partial charge in [-0.1, -0.05) is 15.9 Å². The Hall–Kier alpha value is -2.08. The molecule has 0 spiro atoms. The first-order valence-electron chi connectivity index (χ1n) is 5.70. The van der Waals surface area contributed by atoms with Crippen LogP contribution >= 0.6 is 15.9 Å². The van der Waals surface area contributed by atoms with Crippen molar-refractivity contribution in [2.75, 3.05) is 18.2 Å². The van der Waals surface area contributed by atoms with Crippen LogP contribution in [0.2, 0.25) is 0 Å². The fourth-order valence-electron chi connectivity index (χ4n) is 1.74. The molecule has 0 saturated carbocycles. The lowest BCUT2D eigenvalue weighted by Crippen LogP contribution is -2.13. The van der Waals surface area contributed by atoms with Crippen molar-refractivity contribution in [3.05, 3.63) is 52.3 Å². The van der Waals surface area contributed by atoms with E-state index in [0.717, 1.165) is 4.47 Å². The molecule has 0 heterocycles. The van der Waals surface area contributed by atoms with E-state index < -0.39 is 11.7 Å². The molecular formula is C14H12BrFN2O2. The molecule has 0 unspecified atom stereocenters. The van der Waals surface area contributed by atoms with Crippen LogP contribution in [0, 0.1) is 5.82 Å². The van der Waals surface area contributed by atoms with Crippen LogP contribution in [-0.4, -0.2) is 13.0 Å². The van der Waals surface area contributed by atoms with Crippen LogP contribution in [0.1, 0.15) is 10.4 Å². The summed E-state index contributed by atoms with van der Waals surface area (Å²) < 4.78 is 19.2. The molecule has 0 fully saturated rings. The molecule has 0 aromatic heterocycles. The number of nitrogen functional groups attached to an aromatic ring is 1. The van der Waals surface area contributed by atoms with Crippen molar-refractivity contribution in [2.45, 2.75) is 0 Å². The summed E-state index contributed by atoms with van der Waals surface area (Å²) in [5.74, 6) is -0.497. The first kappa shape index (κ1) is 14.3. The van der Waals surface area contributed by atoms with Crippen LogP contribution in [0.5, 0.6) is 5.75 Å². The number of hydrogen-bond donors (Lipinski definition) is 2. The Morgan fingerprint density at radius 3 is 2.70 bits per heavy atom. The number of anilines is 2. The molecule has 0 aliphatic heterocycles. The van der Waals surface area contributed by atoms with Crippen LogP contribution in [0.3, 0.4) is 0 Å². The second kappa shape index (κ2) is 5.92. The Bertz CT molecular complexity index is 641. The number of halogens is 2. The van der Waals surface area contributed by atoms with Gasteiger partial charge in [-0.15, -0.1) is 0 Å². The highest BCUT2D eigenvalue weighted by molar-refractivity contribution is 9.10. The maximum absolute atomic E-state index is 13.2. The average Bonchev–Trinajstić information content (AvgIpc) is 2.37. The van der Waals surface area contributed by atoms with Crippen LogP contribution in [-0.2, 0) is 0 Å². The number of ether oxygens (including phenoxy) is 1. The molecule has 3 N–H and O–H groups in total. The van der Waals surface area contributed by atoms with Gasteiger partial charge in [0.2, 0.25) is 0 Å². The molecular weight excluding hydrogens is 327 g/mol. The number of carbonyl (C=O) groups is 1. The van der Waals surface area contributed by atoms with Gasteiger partial charge in [0.15, 0.2) is 0 Å². The molecule has 20 heavy (non-hydrogen) atoms. The maximum atomic E-state index is 13.2. The molecule has 0 atom stereocenters. The minimum absolute atomic E-state index is 0.239. The van der Waals surface area contributed by atoms with Crippen molar-refractivity contribution < 1.29 is 13.9 Å². The van der Waals surface area contributed by atoms with Crippen molar-refractivity contribution in [2.24, 2.45) is 0 Å². The van der Waals surface area contributed by atoms with Crippen molar-refractivity contribution in [3.63, 3.8) is 0 Å². The fraction of sp³-hybridized carbons (Fsp3) is 0.0714. The minimum atomic E-state index is -0.511. The van der Waals surface area contributed by atoms with E-state index in [0.29, 0.717) is 11.3 Å². The zero-order chi connectivity index (χ0) is 14.7. The van der Waals surface area contributed by atoms with E-state index in [-0.39, 0.29) is 11.4 Å². The van der Waals surface area contributed by atoms with Gasteiger partial charge in [0.1, 0.15) is 11.6 Å². The van der Waals surface area contributed by atoms with Crippen LogP contribution in [0.4, 0.5) is 15.8 Å². The standard InChI is InChI=1S/C14H12BrFN2O2/c1-20-13-4-8(15)2-3-12(13)14(19)18-11-6-9(16)5-10(17)7-11/h2-7H,17H2,1H3,(H,18,19). The SMILES string of the molecule is COc1cc(Br)ccc1C(=O)Nc1cc(N)cc(F)c1. The molecule has 0 aliphatic carbocycles. The van der Waals surface area contributed by atoms with E-state index >= 15 is 0 Å². The molecule has 1 amide bonds. The average molecular weight is 339 g/mol. The smallest absolute Gasteiger partial charge is 0.259 e. The zero-order valence-electron chi connectivity index (χ0n) is 10.6. The van der Waals surface area contributed by atoms with Gasteiger partial charge >= 0.3 is 0 Å². The third kappa shape index (κ3) is 3.27. The second-order valence-corrected chi connectivity index (χ2v) is 4.99. The fourth-order valence-corrected chi connectivity index (χ4v) is 2.08. The molecule has 6 heteroatoms. The Balaban J connectivity index is 2.28. The highest BCUT2D eigenvalue weighted by atomic mass is 79.9. The summed E-state index contributed by atoms with van der Waals surface area (Å²) in [4.78, 5) is 12.2. The second-order valence-electron chi connectivity index (χ2n) is 4.07. The van der Waals surface area contributed by atoms with E-state index in [1.165, 1.54) is 25.3 Å². The van der Waals surface area contributed by atoms with Crippen molar-refractivity contribution >= 4 is 33.2 Å². The van der Waals surface area contributed by atoms with E-state index in [1.54, 1.807) is 18.2 Å². The lowest BCUT2D eigenvalue weighted by molar-refractivity contribution is 0.102. The van der Waals surface area contributed by atoms with Gasteiger partial charge in [-0.25, -0.2) is 4.39 Å². The molecule has 2 aromatic rings. The Morgan fingerprint density at radius 2 is 2.05 bits per heavy atom. The lowest BCUT2D eigenvalue weighted by Gasteiger charge is -2.10. The molecule has 0 saturated heterocycles. The summed E-state index contributed by atoms with van der Waals surface area (Å²) in [5.41, 5.74) is 6.40. The van der Waals surface area contributed by atoms with Gasteiger partial charge in [0.25, 0.3) is 5.91 Å². The number of amides is 1. The van der Waals surface area contributed by atoms with Gasteiger partial charge in [-0.2, -0.15) is 0 Å². The predicted molar refractivity (Wildman–Crippen MR) is 79.5 cm³/mol. The van der Waals surface area contributed by atoms with E-state index in [9.17, 15) is 9.18 Å². The third-order valence-electron chi connectivity index (χ3n) is 2.59. The van der Waals surface area contributed by atoms with Gasteiger partial charge in [0, 0.05) is 15.8 Å². The molecule has 0 aliphatic rings. The summed E-state index contributed by atoms with van der Waals surface area (Å²) >= 11 is 3.29. The number of hydrogen-bond acceptors (Lipinski definition) is 3. The predicted octanol–water partition coefficient (Wildman–Crippen LogP) is 3.43. The molecule has 2 rings (SSSR count). The number of rotatable bonds is 3. The van der Waals surface area contributed by atoms with Gasteiger partial charge < -0.3 is 15.8 Å².